The van der Waals surface area contributed by atoms with E-state index in [0.29, 0.717) is 6.42 Å². The maximum Gasteiger partial charge on any atom is 0.235 e. The predicted octanol–water partition coefficient (Wildman–Crippen LogP) is 1.03. The largest absolute Gasteiger partial charge is 0.339 e. The molecule has 0 saturated carbocycles. The Kier molecular flexibility index (Phi) is 5.58. The van der Waals surface area contributed by atoms with Crippen molar-refractivity contribution in [1.82, 2.24) is 5.32 Å². The quantitative estimate of drug-likeness (QED) is 0.648. The second-order valence-electron chi connectivity index (χ2n) is 2.17. The van der Waals surface area contributed by atoms with Crippen molar-refractivity contribution in [1.29, 1.82) is 5.26 Å². The number of hydrogen-bond donors (Lipinski definition) is 1. The maximum absolute atomic E-state index is 10.7. The Bertz CT molecular complexity index is 164. The summed E-state index contributed by atoms with van der Waals surface area (Å²) in [7, 11) is 0. The Morgan fingerprint density at radius 3 is 2.82 bits per heavy atom. The van der Waals surface area contributed by atoms with Crippen molar-refractivity contribution in [3.63, 3.8) is 0 Å². The standard InChI is InChI=1S/C7H11ClN2O/c1-2-3-6(5-9)10-7(11)4-8/h6H,2-4H2,1H3,(H,10,11). The average molecular weight is 175 g/mol. The zero-order valence-corrected chi connectivity index (χ0v) is 7.19. The molecule has 0 aliphatic carbocycles. The van der Waals surface area contributed by atoms with Crippen LogP contribution in [-0.2, 0) is 4.79 Å². The lowest BCUT2D eigenvalue weighted by molar-refractivity contribution is -0.119. The van der Waals surface area contributed by atoms with Gasteiger partial charge in [0, 0.05) is 0 Å². The average Bonchev–Trinajstić information content (AvgIpc) is 2.03. The Morgan fingerprint density at radius 2 is 2.45 bits per heavy atom. The van der Waals surface area contributed by atoms with Gasteiger partial charge < -0.3 is 5.32 Å². The lowest BCUT2D eigenvalue weighted by Gasteiger charge is -2.07. The van der Waals surface area contributed by atoms with Crippen molar-refractivity contribution in [2.24, 2.45) is 0 Å². The van der Waals surface area contributed by atoms with Gasteiger partial charge in [-0.05, 0) is 6.42 Å². The molecule has 0 aromatic carbocycles. The number of amides is 1. The number of nitriles is 1. The molecule has 0 aliphatic rings. The summed E-state index contributed by atoms with van der Waals surface area (Å²) in [6.07, 6.45) is 1.56. The first kappa shape index (κ1) is 10.2. The van der Waals surface area contributed by atoms with Crippen LogP contribution >= 0.6 is 11.6 Å². The van der Waals surface area contributed by atoms with Gasteiger partial charge >= 0.3 is 0 Å². The highest BCUT2D eigenvalue weighted by molar-refractivity contribution is 6.27. The van der Waals surface area contributed by atoms with Crippen molar-refractivity contribution < 1.29 is 4.79 Å². The third-order valence-corrected chi connectivity index (χ3v) is 1.43. The van der Waals surface area contributed by atoms with Gasteiger partial charge in [0.05, 0.1) is 6.07 Å². The van der Waals surface area contributed by atoms with Gasteiger partial charge in [-0.25, -0.2) is 0 Å². The number of nitrogens with one attached hydrogen (secondary N) is 1. The van der Waals surface area contributed by atoms with Gasteiger partial charge in [-0.3, -0.25) is 4.79 Å². The zero-order valence-electron chi connectivity index (χ0n) is 6.43. The Morgan fingerprint density at radius 1 is 1.82 bits per heavy atom. The summed E-state index contributed by atoms with van der Waals surface area (Å²) in [5.74, 6) is -0.367. The lowest BCUT2D eigenvalue weighted by atomic mass is 10.2. The van der Waals surface area contributed by atoms with Crippen LogP contribution in [0.3, 0.4) is 0 Å². The molecule has 1 amide bonds. The van der Waals surface area contributed by atoms with Crippen LogP contribution in [0.2, 0.25) is 0 Å². The molecule has 0 fully saturated rings. The minimum atomic E-state index is -0.383. The molecule has 1 atom stereocenters. The van der Waals surface area contributed by atoms with E-state index in [4.69, 9.17) is 16.9 Å². The Balaban J connectivity index is 3.70. The summed E-state index contributed by atoms with van der Waals surface area (Å²) in [6.45, 7) is 1.96. The minimum absolute atomic E-state index is 0.0815. The first-order valence-electron chi connectivity index (χ1n) is 3.49. The van der Waals surface area contributed by atoms with Crippen LogP contribution in [0.15, 0.2) is 0 Å². The summed E-state index contributed by atoms with van der Waals surface area (Å²) >= 11 is 5.23. The van der Waals surface area contributed by atoms with Crippen LogP contribution in [0, 0.1) is 11.3 Å². The van der Waals surface area contributed by atoms with Crippen LogP contribution < -0.4 is 5.32 Å². The van der Waals surface area contributed by atoms with Gasteiger partial charge in [0.1, 0.15) is 11.9 Å². The van der Waals surface area contributed by atoms with Crippen LogP contribution in [-0.4, -0.2) is 17.8 Å². The van der Waals surface area contributed by atoms with Crippen molar-refractivity contribution in [3.05, 3.63) is 0 Å². The third-order valence-electron chi connectivity index (χ3n) is 1.19. The van der Waals surface area contributed by atoms with Gasteiger partial charge in [-0.1, -0.05) is 13.3 Å². The van der Waals surface area contributed by atoms with Gasteiger partial charge in [-0.15, -0.1) is 11.6 Å². The van der Waals surface area contributed by atoms with E-state index >= 15 is 0 Å². The second-order valence-corrected chi connectivity index (χ2v) is 2.44. The van der Waals surface area contributed by atoms with Crippen molar-refractivity contribution in [2.75, 3.05) is 5.88 Å². The first-order valence-corrected chi connectivity index (χ1v) is 4.03. The first-order chi connectivity index (χ1) is 5.24. The van der Waals surface area contributed by atoms with E-state index in [-0.39, 0.29) is 17.8 Å². The van der Waals surface area contributed by atoms with Crippen LogP contribution in [0.5, 0.6) is 0 Å². The van der Waals surface area contributed by atoms with E-state index in [2.05, 4.69) is 5.32 Å². The van der Waals surface area contributed by atoms with Gasteiger partial charge in [-0.2, -0.15) is 5.26 Å². The third kappa shape index (κ3) is 4.63. The SMILES string of the molecule is CCCC(C#N)NC(=O)CCl. The molecule has 0 bridgehead atoms. The predicted molar refractivity (Wildman–Crippen MR) is 43.2 cm³/mol. The number of halogens is 1. The fraction of sp³-hybridized carbons (Fsp3) is 0.714. The van der Waals surface area contributed by atoms with Crippen LogP contribution in [0.4, 0.5) is 0 Å². The summed E-state index contributed by atoms with van der Waals surface area (Å²) in [4.78, 5) is 10.7. The van der Waals surface area contributed by atoms with Crippen molar-refractivity contribution >= 4 is 17.5 Å². The number of hydrogen-bond acceptors (Lipinski definition) is 2. The molecule has 4 heteroatoms. The molecule has 1 N–H and O–H groups in total. The summed E-state index contributed by atoms with van der Waals surface area (Å²) in [5, 5.41) is 11.0. The fourth-order valence-electron chi connectivity index (χ4n) is 0.691. The minimum Gasteiger partial charge on any atom is -0.339 e. The smallest absolute Gasteiger partial charge is 0.235 e. The number of nitrogens with zero attached hydrogens (tertiary/aromatic N) is 1. The van der Waals surface area contributed by atoms with E-state index in [0.717, 1.165) is 6.42 Å². The number of rotatable bonds is 4. The Hall–Kier alpha value is -0.750. The highest BCUT2D eigenvalue weighted by atomic mass is 35.5. The number of alkyl halides is 1. The second kappa shape index (κ2) is 5.99. The molecule has 0 radical (unpaired) electrons. The lowest BCUT2D eigenvalue weighted by Crippen LogP contribution is -2.34. The highest BCUT2D eigenvalue weighted by Crippen LogP contribution is 1.94. The molecule has 0 aromatic rings. The molecule has 0 aromatic heterocycles. The molecule has 1 unspecified atom stereocenters. The van der Waals surface area contributed by atoms with E-state index in [1.165, 1.54) is 0 Å². The van der Waals surface area contributed by atoms with E-state index in [1.807, 2.05) is 13.0 Å². The van der Waals surface area contributed by atoms with Crippen molar-refractivity contribution in [3.8, 4) is 6.07 Å². The van der Waals surface area contributed by atoms with E-state index in [9.17, 15) is 4.79 Å². The van der Waals surface area contributed by atoms with Gasteiger partial charge in [0.2, 0.25) is 5.91 Å². The number of carbonyl (C=O) groups excluding carboxylic acids is 1. The molecule has 0 heterocycles. The molecule has 0 rings (SSSR count). The van der Waals surface area contributed by atoms with Crippen LogP contribution in [0.1, 0.15) is 19.8 Å². The van der Waals surface area contributed by atoms with Crippen LogP contribution in [0.25, 0.3) is 0 Å². The Labute approximate surface area is 71.3 Å². The molecule has 62 valence electrons. The maximum atomic E-state index is 10.7. The fourth-order valence-corrected chi connectivity index (χ4v) is 0.768. The van der Waals surface area contributed by atoms with Gasteiger partial charge in [0.15, 0.2) is 0 Å². The van der Waals surface area contributed by atoms with Gasteiger partial charge in [0.25, 0.3) is 0 Å². The molecule has 11 heavy (non-hydrogen) atoms. The molecular formula is C7H11ClN2O. The van der Waals surface area contributed by atoms with E-state index < -0.39 is 0 Å². The summed E-state index contributed by atoms with van der Waals surface area (Å²) < 4.78 is 0. The summed E-state index contributed by atoms with van der Waals surface area (Å²) in [6, 6.07) is 1.59. The molecule has 0 saturated heterocycles. The highest BCUT2D eigenvalue weighted by Gasteiger charge is 2.07. The van der Waals surface area contributed by atoms with Crippen molar-refractivity contribution in [2.45, 2.75) is 25.8 Å². The summed E-state index contributed by atoms with van der Waals surface area (Å²) in [5.41, 5.74) is 0. The molecular weight excluding hydrogens is 164 g/mol. The molecule has 3 nitrogen and oxygen atoms in total. The monoisotopic (exact) mass is 174 g/mol. The zero-order chi connectivity index (χ0) is 8.69. The van der Waals surface area contributed by atoms with E-state index in [1.54, 1.807) is 0 Å². The molecule has 0 spiro atoms. The molecule has 0 aliphatic heterocycles. The number of carbonyl (C=O) groups is 1. The normalized spacial score (nSPS) is 11.7. The topological polar surface area (TPSA) is 52.9 Å².